The van der Waals surface area contributed by atoms with Crippen LogP contribution in [0.15, 0.2) is 36.9 Å². The molecule has 0 saturated carbocycles. The van der Waals surface area contributed by atoms with E-state index in [1.54, 1.807) is 71.9 Å². The molecule has 2 atom stereocenters. The normalized spacial score (nSPS) is 16.3. The van der Waals surface area contributed by atoms with Crippen molar-refractivity contribution < 1.29 is 42.9 Å². The summed E-state index contributed by atoms with van der Waals surface area (Å²) in [5.41, 5.74) is -0.868. The minimum absolute atomic E-state index is 0.00978. The van der Waals surface area contributed by atoms with Gasteiger partial charge in [0, 0.05) is 19.5 Å². The van der Waals surface area contributed by atoms with Crippen LogP contribution in [-0.2, 0) is 39.8 Å². The second-order valence-corrected chi connectivity index (χ2v) is 11.8. The third-order valence-electron chi connectivity index (χ3n) is 5.91. The highest BCUT2D eigenvalue weighted by Gasteiger charge is 2.42. The SMILES string of the molecule is C=CCOc1ccc(C[C@H](NC(=O)OC(C)(C)C)C(=O)N2CCN(CC(=O)OC(C)(C)C)C(=O)[C@@H]2CC(=O)OC)cc1. The largest absolute Gasteiger partial charge is 0.490 e. The molecule has 1 saturated heterocycles. The van der Waals surface area contributed by atoms with Crippen LogP contribution in [0.5, 0.6) is 5.75 Å². The molecule has 1 aromatic rings. The molecule has 232 valence electrons. The molecule has 1 aromatic carbocycles. The highest BCUT2D eigenvalue weighted by atomic mass is 16.6. The Morgan fingerprint density at radius 2 is 1.62 bits per heavy atom. The third kappa shape index (κ3) is 11.1. The van der Waals surface area contributed by atoms with Crippen molar-refractivity contribution in [2.75, 3.05) is 33.4 Å². The van der Waals surface area contributed by atoms with Gasteiger partial charge in [0.05, 0.1) is 13.5 Å². The molecular weight excluding hydrogens is 546 g/mol. The fourth-order valence-corrected chi connectivity index (χ4v) is 4.19. The molecule has 1 aliphatic heterocycles. The van der Waals surface area contributed by atoms with E-state index in [0.29, 0.717) is 17.9 Å². The lowest BCUT2D eigenvalue weighted by Gasteiger charge is -2.41. The summed E-state index contributed by atoms with van der Waals surface area (Å²) in [7, 11) is 1.18. The van der Waals surface area contributed by atoms with Crippen LogP contribution in [0, 0.1) is 0 Å². The molecule has 1 fully saturated rings. The number of ether oxygens (including phenoxy) is 4. The van der Waals surface area contributed by atoms with Gasteiger partial charge in [-0.05, 0) is 59.2 Å². The first-order valence-electron chi connectivity index (χ1n) is 13.7. The monoisotopic (exact) mass is 589 g/mol. The second-order valence-electron chi connectivity index (χ2n) is 11.8. The number of amides is 3. The van der Waals surface area contributed by atoms with Gasteiger partial charge in [-0.1, -0.05) is 24.8 Å². The van der Waals surface area contributed by atoms with Crippen molar-refractivity contribution in [2.24, 2.45) is 0 Å². The fourth-order valence-electron chi connectivity index (χ4n) is 4.19. The number of nitrogens with zero attached hydrogens (tertiary/aromatic N) is 2. The van der Waals surface area contributed by atoms with Gasteiger partial charge in [-0.3, -0.25) is 19.2 Å². The van der Waals surface area contributed by atoms with Crippen LogP contribution in [0.25, 0.3) is 0 Å². The molecule has 0 aliphatic carbocycles. The highest BCUT2D eigenvalue weighted by molar-refractivity contribution is 5.95. The summed E-state index contributed by atoms with van der Waals surface area (Å²) in [5, 5.41) is 2.63. The van der Waals surface area contributed by atoms with Crippen molar-refractivity contribution in [3.05, 3.63) is 42.5 Å². The first-order chi connectivity index (χ1) is 19.5. The average molecular weight is 590 g/mol. The van der Waals surface area contributed by atoms with Crippen molar-refractivity contribution in [2.45, 2.75) is 77.7 Å². The summed E-state index contributed by atoms with van der Waals surface area (Å²) in [5.74, 6) is -1.92. The first-order valence-corrected chi connectivity index (χ1v) is 13.7. The van der Waals surface area contributed by atoms with E-state index in [9.17, 15) is 24.0 Å². The zero-order valence-electron chi connectivity index (χ0n) is 25.6. The Kier molecular flexibility index (Phi) is 11.9. The van der Waals surface area contributed by atoms with Crippen LogP contribution < -0.4 is 10.1 Å². The quantitative estimate of drug-likeness (QED) is 0.234. The van der Waals surface area contributed by atoms with Gasteiger partial charge in [-0.25, -0.2) is 4.79 Å². The lowest BCUT2D eigenvalue weighted by Crippen LogP contribution is -2.63. The van der Waals surface area contributed by atoms with Crippen molar-refractivity contribution in [3.8, 4) is 5.75 Å². The number of carbonyl (C=O) groups excluding carboxylic acids is 5. The van der Waals surface area contributed by atoms with Crippen LogP contribution >= 0.6 is 0 Å². The van der Waals surface area contributed by atoms with Gasteiger partial charge in [0.1, 0.15) is 42.2 Å². The summed E-state index contributed by atoms with van der Waals surface area (Å²) in [6.45, 7) is 13.9. The lowest BCUT2D eigenvalue weighted by atomic mass is 10.0. The van der Waals surface area contributed by atoms with E-state index in [1.165, 1.54) is 16.9 Å². The number of alkyl carbamates (subject to hydrolysis) is 1. The van der Waals surface area contributed by atoms with Crippen molar-refractivity contribution in [1.29, 1.82) is 0 Å². The van der Waals surface area contributed by atoms with Crippen molar-refractivity contribution >= 4 is 29.8 Å². The second kappa shape index (κ2) is 14.7. The maximum absolute atomic E-state index is 14.0. The Hall–Kier alpha value is -4.09. The molecular formula is C30H43N3O9. The molecule has 3 amide bonds. The molecule has 1 aliphatic rings. The Morgan fingerprint density at radius 1 is 1.00 bits per heavy atom. The van der Waals surface area contributed by atoms with E-state index >= 15 is 0 Å². The maximum atomic E-state index is 14.0. The molecule has 0 unspecified atom stereocenters. The Bertz CT molecular complexity index is 1140. The molecule has 1 N–H and O–H groups in total. The average Bonchev–Trinajstić information content (AvgIpc) is 2.87. The molecule has 12 nitrogen and oxygen atoms in total. The molecule has 12 heteroatoms. The minimum Gasteiger partial charge on any atom is -0.490 e. The number of benzene rings is 1. The van der Waals surface area contributed by atoms with Gasteiger partial charge < -0.3 is 34.1 Å². The zero-order chi connectivity index (χ0) is 31.7. The molecule has 1 heterocycles. The van der Waals surface area contributed by atoms with Crippen LogP contribution in [0.1, 0.15) is 53.5 Å². The predicted octanol–water partition coefficient (Wildman–Crippen LogP) is 2.63. The Morgan fingerprint density at radius 3 is 2.17 bits per heavy atom. The molecule has 0 aromatic heterocycles. The van der Waals surface area contributed by atoms with E-state index in [2.05, 4.69) is 11.9 Å². The minimum atomic E-state index is -1.25. The van der Waals surface area contributed by atoms with Crippen LogP contribution in [-0.4, -0.2) is 96.3 Å². The molecule has 2 rings (SSSR count). The number of hydrogen-bond donors (Lipinski definition) is 1. The maximum Gasteiger partial charge on any atom is 0.408 e. The van der Waals surface area contributed by atoms with Gasteiger partial charge in [0.15, 0.2) is 0 Å². The van der Waals surface area contributed by atoms with Crippen molar-refractivity contribution in [3.63, 3.8) is 0 Å². The number of piperazine rings is 1. The zero-order valence-corrected chi connectivity index (χ0v) is 25.6. The number of hydrogen-bond acceptors (Lipinski definition) is 9. The molecule has 0 bridgehead atoms. The highest BCUT2D eigenvalue weighted by Crippen LogP contribution is 2.20. The van der Waals surface area contributed by atoms with Gasteiger partial charge in [0.25, 0.3) is 0 Å². The lowest BCUT2D eigenvalue weighted by molar-refractivity contribution is -0.164. The van der Waals surface area contributed by atoms with E-state index in [-0.39, 0.29) is 26.1 Å². The summed E-state index contributed by atoms with van der Waals surface area (Å²) >= 11 is 0. The molecule has 0 spiro atoms. The van der Waals surface area contributed by atoms with Gasteiger partial charge in [-0.2, -0.15) is 0 Å². The van der Waals surface area contributed by atoms with Crippen molar-refractivity contribution in [1.82, 2.24) is 15.1 Å². The van der Waals surface area contributed by atoms with E-state index in [1.807, 2.05) is 0 Å². The van der Waals surface area contributed by atoms with Gasteiger partial charge in [-0.15, -0.1) is 0 Å². The topological polar surface area (TPSA) is 141 Å². The number of methoxy groups -OCH3 is 1. The van der Waals surface area contributed by atoms with E-state index in [0.717, 1.165) is 0 Å². The molecule has 0 radical (unpaired) electrons. The third-order valence-corrected chi connectivity index (χ3v) is 5.91. The standard InChI is InChI=1S/C30H43N3O9/c1-9-16-40-21-12-10-20(11-13-21)17-22(31-28(38)42-30(5,6)7)26(36)33-15-14-32(19-25(35)41-29(2,3)4)27(37)23(33)18-24(34)39-8/h9-13,22-23H,1,14-19H2,2-8H3,(H,31,38)/t22-,23-/m0/s1. The summed E-state index contributed by atoms with van der Waals surface area (Å²) in [4.78, 5) is 67.4. The fraction of sp³-hybridized carbons (Fsp3) is 0.567. The van der Waals surface area contributed by atoms with Crippen LogP contribution in [0.4, 0.5) is 4.79 Å². The number of nitrogens with one attached hydrogen (secondary N) is 1. The summed E-state index contributed by atoms with van der Waals surface area (Å²) in [6.07, 6.45) is 0.440. The number of rotatable bonds is 11. The van der Waals surface area contributed by atoms with Gasteiger partial charge in [0.2, 0.25) is 11.8 Å². The number of esters is 2. The van der Waals surface area contributed by atoms with Crippen LogP contribution in [0.2, 0.25) is 0 Å². The smallest absolute Gasteiger partial charge is 0.408 e. The Balaban J connectivity index is 2.34. The predicted molar refractivity (Wildman–Crippen MR) is 154 cm³/mol. The molecule has 42 heavy (non-hydrogen) atoms. The van der Waals surface area contributed by atoms with E-state index in [4.69, 9.17) is 18.9 Å². The summed E-state index contributed by atoms with van der Waals surface area (Å²) in [6, 6.07) is 4.58. The Labute approximate surface area is 247 Å². The van der Waals surface area contributed by atoms with E-state index < -0.39 is 59.6 Å². The van der Waals surface area contributed by atoms with Crippen LogP contribution in [0.3, 0.4) is 0 Å². The number of carbonyl (C=O) groups is 5. The van der Waals surface area contributed by atoms with Gasteiger partial charge >= 0.3 is 18.0 Å². The summed E-state index contributed by atoms with van der Waals surface area (Å²) < 4.78 is 21.0. The first kappa shape index (κ1) is 34.1.